The Morgan fingerprint density at radius 2 is 0.262 bits per heavy atom. The van der Waals surface area contributed by atoms with Gasteiger partial charge < -0.3 is 0 Å². The maximum Gasteiger partial charge on any atom is -0.0297 e. The van der Waals surface area contributed by atoms with Crippen molar-refractivity contribution in [3.63, 3.8) is 0 Å². The second-order valence-electron chi connectivity index (χ2n) is 52.8. The van der Waals surface area contributed by atoms with Gasteiger partial charge in [0.25, 0.3) is 0 Å². The predicted octanol–water partition coefficient (Wildman–Crippen LogP) is 41.8. The number of rotatable bonds is 0. The van der Waals surface area contributed by atoms with E-state index in [1.54, 1.807) is 392 Å². The third-order valence-electron chi connectivity index (χ3n) is 44.1. The van der Waals surface area contributed by atoms with Crippen molar-refractivity contribution >= 4 is 0 Å². The molecule has 10 unspecified atom stereocenters. The summed E-state index contributed by atoms with van der Waals surface area (Å²) < 4.78 is 0. The summed E-state index contributed by atoms with van der Waals surface area (Å²) >= 11 is 0. The molecule has 0 heteroatoms. The van der Waals surface area contributed by atoms with Crippen LogP contribution in [0.5, 0.6) is 0 Å². The van der Waals surface area contributed by atoms with Crippen LogP contribution in [-0.4, -0.2) is 0 Å². The first-order valence-corrected chi connectivity index (χ1v) is 62.4. The Hall–Kier alpha value is 0. The summed E-state index contributed by atoms with van der Waals surface area (Å²) in [5.74, 6) is 30.4. The fourth-order valence-corrected chi connectivity index (χ4v) is 36.7. The fraction of sp³-hybridized carbons (Fsp3) is 1.00. The Labute approximate surface area is 789 Å². The van der Waals surface area contributed by atoms with E-state index in [-0.39, 0.29) is 0 Å². The van der Waals surface area contributed by atoms with Crippen LogP contribution in [0.1, 0.15) is 636 Å². The first-order chi connectivity index (χ1) is 62.4. The van der Waals surface area contributed by atoms with Gasteiger partial charge in [0.2, 0.25) is 0 Å². The van der Waals surface area contributed by atoms with Gasteiger partial charge in [-0.1, -0.05) is 507 Å². The molecule has 10 atom stereocenters. The summed E-state index contributed by atoms with van der Waals surface area (Å²) in [6, 6.07) is 0. The van der Waals surface area contributed by atoms with E-state index in [4.69, 9.17) is 0 Å². The molecule has 30 aliphatic carbocycles. The van der Waals surface area contributed by atoms with E-state index in [1.807, 2.05) is 0 Å². The predicted molar refractivity (Wildman–Crippen MR) is 550 cm³/mol. The molecule has 8 bridgehead atoms. The van der Waals surface area contributed by atoms with Crippen molar-refractivity contribution in [2.45, 2.75) is 636 Å². The smallest absolute Gasteiger partial charge is 0.0297 e. The minimum atomic E-state index is 0.858. The molecule has 0 radical (unpaired) electrons. The molecular formula is C126H224. The van der Waals surface area contributed by atoms with Gasteiger partial charge in [0.15, 0.2) is 0 Å². The molecule has 30 rings (SSSR count). The zero-order valence-corrected chi connectivity index (χ0v) is 85.5. The van der Waals surface area contributed by atoms with E-state index in [0.717, 1.165) is 82.3 Å². The quantitative estimate of drug-likeness (QED) is 0.212. The average molecular weight is 1740 g/mol. The van der Waals surface area contributed by atoms with E-state index in [9.17, 15) is 0 Å². The molecule has 30 saturated carbocycles. The van der Waals surface area contributed by atoms with Crippen molar-refractivity contribution in [1.29, 1.82) is 0 Å². The third-order valence-corrected chi connectivity index (χ3v) is 44.1. The van der Waals surface area contributed by atoms with Crippen LogP contribution in [0.3, 0.4) is 0 Å². The van der Waals surface area contributed by atoms with Crippen LogP contribution in [0.25, 0.3) is 0 Å². The fourth-order valence-electron chi connectivity index (χ4n) is 36.7. The van der Waals surface area contributed by atoms with Gasteiger partial charge in [-0.3, -0.25) is 0 Å². The van der Waals surface area contributed by atoms with Gasteiger partial charge in [0, 0.05) is 0 Å². The molecule has 30 aliphatic rings. The van der Waals surface area contributed by atoms with Crippen LogP contribution in [0.15, 0.2) is 0 Å². The molecule has 0 saturated heterocycles. The van der Waals surface area contributed by atoms with Crippen molar-refractivity contribution < 1.29 is 0 Å². The molecule has 0 aromatic carbocycles. The van der Waals surface area contributed by atoms with Gasteiger partial charge in [0.05, 0.1) is 0 Å². The van der Waals surface area contributed by atoms with Crippen LogP contribution in [0.2, 0.25) is 0 Å². The van der Waals surface area contributed by atoms with Gasteiger partial charge in [0.1, 0.15) is 0 Å². The molecule has 0 aliphatic heterocycles. The monoisotopic (exact) mass is 1740 g/mol. The van der Waals surface area contributed by atoms with Crippen molar-refractivity contribution in [3.8, 4) is 0 Å². The molecule has 126 heavy (non-hydrogen) atoms. The lowest BCUT2D eigenvalue weighted by atomic mass is 9.56. The van der Waals surface area contributed by atoms with Gasteiger partial charge >= 0.3 is 0 Å². The summed E-state index contributed by atoms with van der Waals surface area (Å²) in [6.07, 6.45) is 153. The Kier molecular flexibility index (Phi) is 45.8. The zero-order chi connectivity index (χ0) is 85.5. The van der Waals surface area contributed by atoms with Crippen LogP contribution >= 0.6 is 0 Å². The van der Waals surface area contributed by atoms with Crippen molar-refractivity contribution in [1.82, 2.24) is 0 Å². The van der Waals surface area contributed by atoms with E-state index in [1.165, 1.54) is 321 Å². The topological polar surface area (TPSA) is 0 Å². The Morgan fingerprint density at radius 3 is 0.468 bits per heavy atom. The van der Waals surface area contributed by atoms with Gasteiger partial charge in [-0.25, -0.2) is 0 Å². The minimum Gasteiger partial charge on any atom is -0.0533 e. The van der Waals surface area contributed by atoms with Gasteiger partial charge in [-0.05, 0) is 288 Å². The van der Waals surface area contributed by atoms with E-state index >= 15 is 0 Å². The summed E-state index contributed by atoms with van der Waals surface area (Å²) in [6.45, 7) is 0. The largest absolute Gasteiger partial charge is 0.0533 e. The summed E-state index contributed by atoms with van der Waals surface area (Å²) in [7, 11) is 0. The van der Waals surface area contributed by atoms with Crippen LogP contribution < -0.4 is 0 Å². The SMILES string of the molecule is C1C2CC3CC1CC(C2)C3.C1CC2CC12.C1CC2CCC1C2.C1CC2CCC1CC2.C1CC2CCCC2C1.C1CC2CCCC3CCCC(C1)C23.C1CCC2(CC1)CCCCC2.C1CCC2C(C1)CCC1CCCCC12.C1CCC2CC3CCCCC3CC2C1.C1CCC2CCCCC2C1.C1CCCC1.C1CCCCC1.C1CCCCCC1.C1CCCCCCC1. The lowest BCUT2D eigenvalue weighted by Gasteiger charge is -2.49. The van der Waals surface area contributed by atoms with Gasteiger partial charge in [-0.15, -0.1) is 0 Å². The molecule has 728 valence electrons. The van der Waals surface area contributed by atoms with Crippen molar-refractivity contribution in [2.75, 3.05) is 0 Å². The van der Waals surface area contributed by atoms with Gasteiger partial charge in [-0.2, -0.15) is 0 Å². The lowest BCUT2D eigenvalue weighted by Crippen LogP contribution is -2.39. The van der Waals surface area contributed by atoms with Crippen LogP contribution in [0.4, 0.5) is 0 Å². The third kappa shape index (κ3) is 34.0. The molecule has 30 fully saturated rings. The Balaban J connectivity index is 0.000000106. The Bertz CT molecular complexity index is 2370. The highest BCUT2D eigenvalue weighted by Crippen LogP contribution is 2.59. The van der Waals surface area contributed by atoms with Crippen LogP contribution in [0, 0.1) is 159 Å². The highest BCUT2D eigenvalue weighted by molar-refractivity contribution is 4.98. The molecule has 0 amide bonds. The molecule has 0 nitrogen and oxygen atoms in total. The highest BCUT2D eigenvalue weighted by atomic mass is 14.5. The second kappa shape index (κ2) is 57.4. The molecule has 0 heterocycles. The number of fused-ring (bicyclic) bond motifs is 13. The molecule has 0 N–H and O–H groups in total. The van der Waals surface area contributed by atoms with E-state index in [2.05, 4.69) is 0 Å². The minimum absolute atomic E-state index is 0.858. The van der Waals surface area contributed by atoms with Crippen molar-refractivity contribution in [2.24, 2.45) is 159 Å². The molecule has 0 aromatic rings. The Morgan fingerprint density at radius 1 is 0.0952 bits per heavy atom. The summed E-state index contributed by atoms with van der Waals surface area (Å²) in [5, 5.41) is 0. The maximum atomic E-state index is 1.62. The van der Waals surface area contributed by atoms with E-state index < -0.39 is 0 Å². The summed E-state index contributed by atoms with van der Waals surface area (Å²) in [4.78, 5) is 0. The average Bonchev–Trinajstić information content (AvgIpc) is 1.68. The van der Waals surface area contributed by atoms with Crippen LogP contribution in [-0.2, 0) is 0 Å². The number of hydrogen-bond donors (Lipinski definition) is 0. The van der Waals surface area contributed by atoms with E-state index in [0.29, 0.717) is 0 Å². The molecule has 0 aromatic heterocycles. The standard InChI is InChI=1S/2C14H24.C13H22.C11H20.C10H16.C10H18.2C8H14.C8H16.C7H12.C7H14.C6H12.C5H8.C5H10/c1-3-7-13-11(5-1)9-10-12-6-2-4-8-14(12)13;1-2-6-12-10-14-8-4-3-7-13(14)9-11(12)5-1;1-4-10-6-2-8-12-9-3-7-11(5-1)13(10)12;1-3-7-11(8-4-1)9-5-2-6-10-11;1-7-2-9-4-8(1)5-10(3-7)6-9;1-2-6-10-8-4-3-7-9(10)5-1;1-3-7-5-2-6-8(7)4-1;1-2-8-5-3-7(1)4-6-8;1-2-4-6-8-7-5-3-1;1-2-7-4-3-6(1)5-7;1-2-4-6-7-5-3-1;1-2-4-6-5-3-1;1-2-5-3-4(1)5;1-2-4-5-3-1/h2*11-14H,1-10H2;10-13H,1-9H2;1-10H2;7-10H,1-6H2;9-10H,1-8H2;2*7-8H,1-6H2;1-8H2;6-7H,1-5H2;1-7H2;1-6H2;4-5H,1-3H2;1-5H2. The molecule has 1 spiro atoms. The number of hydrogen-bond acceptors (Lipinski definition) is 0. The highest BCUT2D eigenvalue weighted by Gasteiger charge is 2.47. The zero-order valence-electron chi connectivity index (χ0n) is 85.5. The molecular weight excluding hydrogens is 1510 g/mol. The van der Waals surface area contributed by atoms with Crippen molar-refractivity contribution in [3.05, 3.63) is 0 Å². The summed E-state index contributed by atoms with van der Waals surface area (Å²) in [5.41, 5.74) is 0.858. The second-order valence-corrected chi connectivity index (χ2v) is 52.8. The lowest BCUT2D eigenvalue weighted by molar-refractivity contribution is 0.0123. The first-order valence-electron chi connectivity index (χ1n) is 62.4. The normalized spacial score (nSPS) is 41.9. The first kappa shape index (κ1) is 100. The maximum absolute atomic E-state index is 1.62.